The number of nitrogens with zero attached hydrogens (tertiary/aromatic N) is 3. The highest BCUT2D eigenvalue weighted by molar-refractivity contribution is 6.26. The molecule has 0 saturated heterocycles. The second kappa shape index (κ2) is 6.39. The Bertz CT molecular complexity index is 1390. The zero-order valence-electron chi connectivity index (χ0n) is 15.2. The molecule has 4 aromatic rings. The zero-order chi connectivity index (χ0) is 20.0. The van der Waals surface area contributed by atoms with Crippen molar-refractivity contribution in [3.63, 3.8) is 0 Å². The summed E-state index contributed by atoms with van der Waals surface area (Å²) in [7, 11) is 0. The van der Waals surface area contributed by atoms with Crippen LogP contribution in [-0.2, 0) is 0 Å². The van der Waals surface area contributed by atoms with E-state index in [1.807, 2.05) is 48.5 Å². The summed E-state index contributed by atoms with van der Waals surface area (Å²) in [6.45, 7) is 0. The summed E-state index contributed by atoms with van der Waals surface area (Å²) in [5, 5.41) is 14.8. The molecule has 0 radical (unpaired) electrons. The maximum Gasteiger partial charge on any atom is 0.289 e. The molecule has 29 heavy (non-hydrogen) atoms. The second-order valence-corrected chi connectivity index (χ2v) is 6.72. The van der Waals surface area contributed by atoms with Crippen LogP contribution in [-0.4, -0.2) is 21.5 Å². The number of allylic oxidation sites excluding steroid dienone is 1. The quantitative estimate of drug-likeness (QED) is 0.336. The van der Waals surface area contributed by atoms with Crippen LogP contribution in [0.5, 0.6) is 0 Å². The van der Waals surface area contributed by atoms with Crippen molar-refractivity contribution in [2.24, 2.45) is 0 Å². The predicted octanol–water partition coefficient (Wildman–Crippen LogP) is 4.50. The van der Waals surface area contributed by atoms with Crippen molar-refractivity contribution in [2.45, 2.75) is 0 Å². The molecular weight excluding hydrogens is 362 g/mol. The molecule has 1 heterocycles. The van der Waals surface area contributed by atoms with E-state index in [1.165, 1.54) is 10.8 Å². The van der Waals surface area contributed by atoms with E-state index >= 15 is 0 Å². The van der Waals surface area contributed by atoms with Gasteiger partial charge in [0.25, 0.3) is 5.91 Å². The molecule has 5 nitrogen and oxygen atoms in total. The van der Waals surface area contributed by atoms with Crippen LogP contribution in [0.1, 0.15) is 26.3 Å². The normalized spacial score (nSPS) is 12.5. The third-order valence-electron chi connectivity index (χ3n) is 5.03. The second-order valence-electron chi connectivity index (χ2n) is 6.72. The number of hydrogen-bond donors (Lipinski definition) is 0. The summed E-state index contributed by atoms with van der Waals surface area (Å²) in [5.41, 5.74) is 3.58. The molecule has 3 aromatic carbocycles. The Hall–Kier alpha value is -4.30. The van der Waals surface area contributed by atoms with Gasteiger partial charge in [0.2, 0.25) is 0 Å². The van der Waals surface area contributed by atoms with Gasteiger partial charge in [-0.05, 0) is 17.7 Å². The standard InChI is InChI=1S/C24H13N3O2/c25-14-16(13-15-7-2-1-3-8-15)24(29)27-20-12-6-11-19-21(20)22(26-27)17-9-4-5-10-18(17)23(19)28/h1-13H/b16-13-. The fraction of sp³-hybridized carbons (Fsp3) is 0. The molecule has 136 valence electrons. The predicted molar refractivity (Wildman–Crippen MR) is 109 cm³/mol. The lowest BCUT2D eigenvalue weighted by Gasteiger charge is -2.13. The first-order chi connectivity index (χ1) is 14.2. The van der Waals surface area contributed by atoms with E-state index in [4.69, 9.17) is 0 Å². The molecule has 5 heteroatoms. The topological polar surface area (TPSA) is 75.8 Å². The van der Waals surface area contributed by atoms with E-state index in [-0.39, 0.29) is 11.4 Å². The fourth-order valence-electron chi connectivity index (χ4n) is 3.71. The zero-order valence-corrected chi connectivity index (χ0v) is 15.2. The molecule has 1 aliphatic rings. The van der Waals surface area contributed by atoms with Crippen LogP contribution in [0.25, 0.3) is 28.2 Å². The van der Waals surface area contributed by atoms with E-state index in [1.54, 1.807) is 30.3 Å². The minimum atomic E-state index is -0.531. The third-order valence-corrected chi connectivity index (χ3v) is 5.03. The Kier molecular flexibility index (Phi) is 3.71. The maximum absolute atomic E-state index is 13.2. The number of aromatic nitrogens is 2. The largest absolute Gasteiger partial charge is 0.289 e. The maximum atomic E-state index is 13.2. The monoisotopic (exact) mass is 375 g/mol. The summed E-state index contributed by atoms with van der Waals surface area (Å²) in [6.07, 6.45) is 1.54. The molecule has 5 rings (SSSR count). The van der Waals surface area contributed by atoms with Crippen molar-refractivity contribution in [1.82, 2.24) is 9.78 Å². The SMILES string of the molecule is N#C/C(=C/c1ccccc1)C(=O)n1nc2c3c(cccc31)C(=O)c1ccccc1-2. The summed E-state index contributed by atoms with van der Waals surface area (Å²) >= 11 is 0. The summed E-state index contributed by atoms with van der Waals surface area (Å²) < 4.78 is 1.22. The number of fused-ring (bicyclic) bond motifs is 2. The molecule has 0 amide bonds. The number of rotatable bonds is 2. The van der Waals surface area contributed by atoms with Gasteiger partial charge >= 0.3 is 0 Å². The highest BCUT2D eigenvalue weighted by atomic mass is 16.2. The average molecular weight is 375 g/mol. The van der Waals surface area contributed by atoms with Crippen LogP contribution in [0.3, 0.4) is 0 Å². The Balaban J connectivity index is 1.73. The first kappa shape index (κ1) is 16.8. The Morgan fingerprint density at radius 1 is 0.897 bits per heavy atom. The van der Waals surface area contributed by atoms with Gasteiger partial charge in [-0.15, -0.1) is 0 Å². The van der Waals surface area contributed by atoms with E-state index < -0.39 is 5.91 Å². The number of hydrogen-bond acceptors (Lipinski definition) is 4. The van der Waals surface area contributed by atoms with E-state index in [2.05, 4.69) is 5.10 Å². The van der Waals surface area contributed by atoms with Gasteiger partial charge in [-0.3, -0.25) is 9.59 Å². The Labute approximate surface area is 166 Å². The van der Waals surface area contributed by atoms with Gasteiger partial charge in [0.15, 0.2) is 5.78 Å². The number of nitriles is 1. The van der Waals surface area contributed by atoms with Crippen LogP contribution in [0.15, 0.2) is 78.4 Å². The average Bonchev–Trinajstić information content (AvgIpc) is 3.17. The number of benzene rings is 3. The molecule has 0 bridgehead atoms. The number of carbonyl (C=O) groups is 2. The van der Waals surface area contributed by atoms with Crippen LogP contribution in [0.4, 0.5) is 0 Å². The molecule has 0 fully saturated rings. The smallest absolute Gasteiger partial charge is 0.289 e. The van der Waals surface area contributed by atoms with Gasteiger partial charge in [-0.2, -0.15) is 15.0 Å². The minimum Gasteiger partial charge on any atom is -0.289 e. The minimum absolute atomic E-state index is 0.0311. The van der Waals surface area contributed by atoms with Crippen molar-refractivity contribution in [2.75, 3.05) is 0 Å². The van der Waals surface area contributed by atoms with Crippen LogP contribution < -0.4 is 0 Å². The lowest BCUT2D eigenvalue weighted by Crippen LogP contribution is -2.14. The van der Waals surface area contributed by atoms with E-state index in [9.17, 15) is 14.9 Å². The molecule has 0 aliphatic heterocycles. The van der Waals surface area contributed by atoms with Crippen molar-refractivity contribution >= 4 is 28.7 Å². The van der Waals surface area contributed by atoms with Gasteiger partial charge < -0.3 is 0 Å². The molecule has 0 spiro atoms. The van der Waals surface area contributed by atoms with Gasteiger partial charge in [0.05, 0.1) is 5.52 Å². The molecular formula is C24H13N3O2. The van der Waals surface area contributed by atoms with Gasteiger partial charge in [-0.25, -0.2) is 0 Å². The summed E-state index contributed by atoms with van der Waals surface area (Å²) in [5.74, 6) is -0.623. The molecule has 1 aromatic heterocycles. The molecule has 1 aliphatic carbocycles. The highest BCUT2D eigenvalue weighted by Gasteiger charge is 2.30. The summed E-state index contributed by atoms with van der Waals surface area (Å²) in [4.78, 5) is 26.1. The van der Waals surface area contributed by atoms with E-state index in [0.717, 1.165) is 5.56 Å². The molecule has 0 unspecified atom stereocenters. The van der Waals surface area contributed by atoms with Crippen LogP contribution >= 0.6 is 0 Å². The molecule has 0 atom stereocenters. The number of ketones is 1. The van der Waals surface area contributed by atoms with Crippen molar-refractivity contribution in [1.29, 1.82) is 5.26 Å². The molecule has 0 N–H and O–H groups in total. The van der Waals surface area contributed by atoms with Gasteiger partial charge in [0, 0.05) is 22.1 Å². The van der Waals surface area contributed by atoms with Gasteiger partial charge in [-0.1, -0.05) is 66.7 Å². The van der Waals surface area contributed by atoms with E-state index in [0.29, 0.717) is 33.3 Å². The van der Waals surface area contributed by atoms with Crippen LogP contribution in [0, 0.1) is 11.3 Å². The first-order valence-corrected chi connectivity index (χ1v) is 9.06. The Morgan fingerprint density at radius 3 is 2.34 bits per heavy atom. The fourth-order valence-corrected chi connectivity index (χ4v) is 3.71. The van der Waals surface area contributed by atoms with Crippen LogP contribution in [0.2, 0.25) is 0 Å². The van der Waals surface area contributed by atoms with Crippen molar-refractivity contribution in [3.8, 4) is 17.3 Å². The van der Waals surface area contributed by atoms with Gasteiger partial charge in [0.1, 0.15) is 17.3 Å². The lowest BCUT2D eigenvalue weighted by molar-refractivity contribution is 0.0951. The first-order valence-electron chi connectivity index (χ1n) is 9.06. The third kappa shape index (κ3) is 2.51. The highest BCUT2D eigenvalue weighted by Crippen LogP contribution is 2.38. The molecule has 0 saturated carbocycles. The summed E-state index contributed by atoms with van der Waals surface area (Å²) in [6, 6.07) is 23.6. The lowest BCUT2D eigenvalue weighted by atomic mass is 9.87. The number of carbonyl (C=O) groups excluding carboxylic acids is 2. The van der Waals surface area contributed by atoms with Crippen molar-refractivity contribution in [3.05, 3.63) is 95.1 Å². The van der Waals surface area contributed by atoms with Crippen molar-refractivity contribution < 1.29 is 9.59 Å². The Morgan fingerprint density at radius 2 is 1.59 bits per heavy atom.